The topological polar surface area (TPSA) is 584 Å². The molecule has 0 spiro atoms. The molecule has 0 saturated heterocycles. The van der Waals surface area contributed by atoms with Gasteiger partial charge < -0.3 is 111 Å². The molecule has 1 heterocycles. The lowest BCUT2D eigenvalue weighted by Crippen LogP contribution is -2.62. The summed E-state index contributed by atoms with van der Waals surface area (Å²) in [6, 6.07) is -0.0277. The maximum atomic E-state index is 14.8. The van der Waals surface area contributed by atoms with Crippen molar-refractivity contribution < 1.29 is 93.3 Å². The number of carbonyl (C=O) groups excluding carboxylic acids is 10. The van der Waals surface area contributed by atoms with Crippen molar-refractivity contribution in [2.24, 2.45) is 23.1 Å². The molecule has 92 heavy (non-hydrogen) atoms. The predicted octanol–water partition coefficient (Wildman–Crippen LogP) is -5.98. The zero-order valence-corrected chi connectivity index (χ0v) is 50.1. The van der Waals surface area contributed by atoms with Gasteiger partial charge in [-0.3, -0.25) is 58.1 Å². The van der Waals surface area contributed by atoms with Gasteiger partial charge in [-0.25, -0.2) is 4.79 Å². The number of fused-ring (bicyclic) bond motifs is 1. The molecule has 0 aliphatic heterocycles. The molecular formula is C58H79N15O19. The number of amides is 10. The summed E-state index contributed by atoms with van der Waals surface area (Å²) in [6.07, 6.45) is -1.53. The van der Waals surface area contributed by atoms with Gasteiger partial charge in [0.25, 0.3) is 0 Å². The Morgan fingerprint density at radius 3 is 1.34 bits per heavy atom. The molecule has 0 fully saturated rings. The lowest BCUT2D eigenvalue weighted by Gasteiger charge is -2.28. The van der Waals surface area contributed by atoms with E-state index < -0.39 is 177 Å². The Kier molecular flexibility index (Phi) is 29.2. The number of rotatable bonds is 38. The zero-order chi connectivity index (χ0) is 68.4. The monoisotopic (exact) mass is 1290 g/mol. The summed E-state index contributed by atoms with van der Waals surface area (Å²) in [6.45, 7) is 0.255. The Labute approximate surface area is 525 Å². The van der Waals surface area contributed by atoms with Crippen molar-refractivity contribution in [3.63, 3.8) is 0 Å². The Morgan fingerprint density at radius 1 is 0.500 bits per heavy atom. The number of nitrogens with two attached hydrogens (primary N) is 3. The number of aliphatic carboxylic acids is 2. The molecule has 0 aliphatic rings. The van der Waals surface area contributed by atoms with Crippen LogP contribution in [-0.4, -0.2) is 204 Å². The lowest BCUT2D eigenvalue weighted by molar-refractivity contribution is -0.143. The summed E-state index contributed by atoms with van der Waals surface area (Å²) >= 11 is 0. The van der Waals surface area contributed by atoms with Crippen LogP contribution in [0.25, 0.3) is 10.9 Å². The third kappa shape index (κ3) is 24.2. The van der Waals surface area contributed by atoms with Crippen molar-refractivity contribution in [1.29, 1.82) is 5.41 Å². The number of benzene rings is 3. The minimum absolute atomic E-state index is 0.00528. The van der Waals surface area contributed by atoms with Gasteiger partial charge in [0.05, 0.1) is 38.7 Å². The van der Waals surface area contributed by atoms with Gasteiger partial charge in [-0.15, -0.1) is 0 Å². The Morgan fingerprint density at radius 2 is 0.891 bits per heavy atom. The molecule has 500 valence electrons. The molecule has 25 N–H and O–H groups in total. The number of aromatic hydroxyl groups is 2. The number of hydrogen-bond acceptors (Lipinski definition) is 19. The number of aliphatic hydroxyl groups is 3. The molecule has 3 aromatic carbocycles. The Hall–Kier alpha value is -10.4. The zero-order valence-electron chi connectivity index (χ0n) is 50.1. The summed E-state index contributed by atoms with van der Waals surface area (Å²) in [5.41, 5.74) is 18.2. The minimum Gasteiger partial charge on any atom is -0.508 e. The van der Waals surface area contributed by atoms with Gasteiger partial charge in [-0.1, -0.05) is 56.3 Å². The first-order chi connectivity index (χ1) is 43.5. The second-order valence-electron chi connectivity index (χ2n) is 21.7. The van der Waals surface area contributed by atoms with Gasteiger partial charge in [0, 0.05) is 42.9 Å². The number of carboxylic acids is 2. The number of aliphatic hydroxyl groups excluding tert-OH is 3. The Balaban J connectivity index is 1.67. The van der Waals surface area contributed by atoms with Crippen LogP contribution < -0.4 is 70.4 Å². The van der Waals surface area contributed by atoms with Crippen molar-refractivity contribution >= 4 is 87.9 Å². The maximum Gasteiger partial charge on any atom is 0.328 e. The maximum absolute atomic E-state index is 14.8. The second-order valence-corrected chi connectivity index (χ2v) is 21.7. The number of para-hydroxylation sites is 1. The molecule has 0 saturated carbocycles. The van der Waals surface area contributed by atoms with Crippen LogP contribution in [0.1, 0.15) is 62.6 Å². The highest BCUT2D eigenvalue weighted by atomic mass is 16.4. The van der Waals surface area contributed by atoms with E-state index in [1.165, 1.54) is 48.5 Å². The quantitative estimate of drug-likeness (QED) is 0.0113. The molecule has 1 aromatic heterocycles. The predicted molar refractivity (Wildman–Crippen MR) is 325 cm³/mol. The van der Waals surface area contributed by atoms with Gasteiger partial charge >= 0.3 is 11.9 Å². The number of aromatic amines is 1. The summed E-state index contributed by atoms with van der Waals surface area (Å²) in [7, 11) is 0. The van der Waals surface area contributed by atoms with Gasteiger partial charge in [0.15, 0.2) is 5.96 Å². The largest absolute Gasteiger partial charge is 0.508 e. The first kappa shape index (κ1) is 74.0. The molecule has 0 unspecified atom stereocenters. The third-order valence-electron chi connectivity index (χ3n) is 13.9. The normalized spacial score (nSPS) is 14.3. The van der Waals surface area contributed by atoms with Crippen LogP contribution in [0.2, 0.25) is 0 Å². The number of phenolic OH excluding ortho intramolecular Hbond substituents is 2. The Bertz CT molecular complexity index is 3260. The fourth-order valence-corrected chi connectivity index (χ4v) is 9.09. The van der Waals surface area contributed by atoms with Gasteiger partial charge in [-0.2, -0.15) is 0 Å². The highest BCUT2D eigenvalue weighted by molar-refractivity contribution is 6.00. The van der Waals surface area contributed by atoms with Crippen molar-refractivity contribution in [3.8, 4) is 11.5 Å². The molecule has 34 nitrogen and oxygen atoms in total. The van der Waals surface area contributed by atoms with E-state index in [-0.39, 0.29) is 61.2 Å². The van der Waals surface area contributed by atoms with Crippen LogP contribution in [0.5, 0.6) is 11.5 Å². The summed E-state index contributed by atoms with van der Waals surface area (Å²) in [4.78, 5) is 165. The SMILES string of the molecule is CC(C)C[C@H](NC(=O)[C@H](Cc1c[nH]c2ccccc12)NC(=O)[C@H](Cc1ccc(O)cc1)NC(=O)[C@H](CO)NC(=O)[C@H](Cc1ccc(O)cc1)NC(=O)[C@H](CC(=O)O)NC(=O)[C@H](CC(N)=O)NC(=O)[C@@H](N)CCCNC(=N)N)C(=O)N[C@@H](CO)C(=O)N[C@@H](CO)C(=O)O. The fraction of sp³-hybridized carbons (Fsp3) is 0.431. The summed E-state index contributed by atoms with van der Waals surface area (Å²) in [5, 5.41) is 101. The fourth-order valence-electron chi connectivity index (χ4n) is 9.09. The number of aromatic nitrogens is 1. The molecular weight excluding hydrogens is 1210 g/mol. The molecule has 4 rings (SSSR count). The highest BCUT2D eigenvalue weighted by Crippen LogP contribution is 2.21. The molecule has 4 aromatic rings. The van der Waals surface area contributed by atoms with Crippen LogP contribution >= 0.6 is 0 Å². The standard InChI is InChI=1S/C58H79N15O19/c1-28(2)18-37(49(83)71-44(26-75)56(90)73-45(27-76)57(91)92)66-52(86)40(21-31-24-64-36-8-4-3-6-34(31)36)69-50(84)38(19-29-9-13-32(77)14-10-29)68-55(89)43(25-74)72-51(85)39(20-30-11-15-33(78)16-12-30)67-54(88)42(23-47(80)81)70-53(87)41(22-46(60)79)65-48(82)35(59)7-5-17-63-58(61)62/h3-4,6,8-16,24,28,35,37-45,64,74-78H,5,7,17-23,25-27,59H2,1-2H3,(H2,60,79)(H,65,82)(H,66,86)(H,67,88)(H,68,89)(H,69,84)(H,70,87)(H,71,83)(H,72,85)(H,73,90)(H,80,81)(H,91,92)(H4,61,62,63)/t35-,37-,38-,39-,40-,41-,42-,43-,44-,45-/m0/s1. The van der Waals surface area contributed by atoms with Gasteiger partial charge in [0.1, 0.15) is 65.9 Å². The number of phenols is 2. The first-order valence-corrected chi connectivity index (χ1v) is 28.8. The average molecular weight is 1290 g/mol. The molecule has 34 heteroatoms. The van der Waals surface area contributed by atoms with E-state index in [4.69, 9.17) is 22.6 Å². The van der Waals surface area contributed by atoms with E-state index in [0.29, 0.717) is 22.0 Å². The number of hydrogen-bond donors (Lipinski definition) is 22. The number of carbonyl (C=O) groups is 12. The van der Waals surface area contributed by atoms with Crippen molar-refractivity contribution in [2.75, 3.05) is 26.4 Å². The van der Waals surface area contributed by atoms with Gasteiger partial charge in [0.2, 0.25) is 59.1 Å². The molecule has 0 radical (unpaired) electrons. The number of nitrogens with one attached hydrogen (secondary N) is 12. The first-order valence-electron chi connectivity index (χ1n) is 28.8. The van der Waals surface area contributed by atoms with E-state index in [0.717, 1.165) is 0 Å². The summed E-state index contributed by atoms with van der Waals surface area (Å²) in [5.74, 6) is -15.8. The highest BCUT2D eigenvalue weighted by Gasteiger charge is 2.37. The molecule has 0 bridgehead atoms. The van der Waals surface area contributed by atoms with Crippen LogP contribution in [0.15, 0.2) is 79.0 Å². The molecule has 10 atom stereocenters. The number of H-pyrrole nitrogens is 1. The van der Waals surface area contributed by atoms with Crippen molar-refractivity contribution in [3.05, 3.63) is 95.7 Å². The number of carboxylic acid groups (broad SMARTS) is 2. The van der Waals surface area contributed by atoms with E-state index >= 15 is 0 Å². The van der Waals surface area contributed by atoms with E-state index in [9.17, 15) is 93.3 Å². The van der Waals surface area contributed by atoms with Crippen LogP contribution in [0.3, 0.4) is 0 Å². The van der Waals surface area contributed by atoms with Gasteiger partial charge in [-0.05, 0) is 72.2 Å². The van der Waals surface area contributed by atoms with E-state index in [1.807, 2.05) is 5.32 Å². The lowest BCUT2D eigenvalue weighted by atomic mass is 9.99. The second kappa shape index (κ2) is 36.3. The molecule has 10 amide bonds. The van der Waals surface area contributed by atoms with Crippen LogP contribution in [-0.2, 0) is 76.8 Å². The third-order valence-corrected chi connectivity index (χ3v) is 13.9. The minimum atomic E-state index is -2.06. The number of guanidine groups is 1. The average Bonchev–Trinajstić information content (AvgIpc) is 2.23. The van der Waals surface area contributed by atoms with E-state index in [2.05, 4.69) is 52.8 Å². The van der Waals surface area contributed by atoms with Crippen LogP contribution in [0.4, 0.5) is 0 Å². The number of primary amides is 1. The van der Waals surface area contributed by atoms with Crippen LogP contribution in [0, 0.1) is 11.3 Å². The van der Waals surface area contributed by atoms with Crippen molar-refractivity contribution in [2.45, 2.75) is 126 Å². The molecule has 0 aliphatic carbocycles. The van der Waals surface area contributed by atoms with E-state index in [1.54, 1.807) is 44.3 Å². The smallest absolute Gasteiger partial charge is 0.328 e. The van der Waals surface area contributed by atoms with Crippen molar-refractivity contribution in [1.82, 2.24) is 58.2 Å². The summed E-state index contributed by atoms with van der Waals surface area (Å²) < 4.78 is 0.